The van der Waals surface area contributed by atoms with E-state index in [2.05, 4.69) is 0 Å². The number of hydrogen-bond acceptors (Lipinski definition) is 3. The molecule has 0 aliphatic carbocycles. The predicted octanol–water partition coefficient (Wildman–Crippen LogP) is 1.83. The van der Waals surface area contributed by atoms with Gasteiger partial charge in [-0.2, -0.15) is 0 Å². The van der Waals surface area contributed by atoms with Crippen LogP contribution in [0.25, 0.3) is 0 Å². The van der Waals surface area contributed by atoms with Gasteiger partial charge in [-0.25, -0.2) is 12.8 Å². The lowest BCUT2D eigenvalue weighted by molar-refractivity contribution is 0.0991. The van der Waals surface area contributed by atoms with Gasteiger partial charge < -0.3 is 0 Å². The summed E-state index contributed by atoms with van der Waals surface area (Å²) in [6, 6.07) is 4.86. The zero-order valence-corrected chi connectivity index (χ0v) is 9.92. The first-order valence-corrected chi connectivity index (χ1v) is 6.61. The molecular formula is C11H13FO3S. The van der Waals surface area contributed by atoms with Gasteiger partial charge in [-0.15, -0.1) is 0 Å². The minimum Gasteiger partial charge on any atom is -0.293 e. The van der Waals surface area contributed by atoms with Crippen molar-refractivity contribution >= 4 is 15.6 Å². The Labute approximate surface area is 94.2 Å². The van der Waals surface area contributed by atoms with E-state index < -0.39 is 26.7 Å². The molecule has 1 aromatic carbocycles. The maximum Gasteiger partial charge on any atom is 0.180 e. The van der Waals surface area contributed by atoms with Gasteiger partial charge in [0.25, 0.3) is 0 Å². The lowest BCUT2D eigenvalue weighted by Crippen LogP contribution is -2.28. The Balaban J connectivity index is 2.99. The summed E-state index contributed by atoms with van der Waals surface area (Å²) in [5, 5.41) is -1.08. The average Bonchev–Trinajstić information content (AvgIpc) is 2.28. The summed E-state index contributed by atoms with van der Waals surface area (Å²) < 4.78 is 35.6. The number of halogens is 1. The standard InChI is InChI=1S/C11H13FO3S/c1-3-16(14,15)8(2)11(13)9-4-6-10(12)7-5-9/h4-8H,3H2,1-2H3/t8-/m1/s1. The Morgan fingerprint density at radius 2 is 1.81 bits per heavy atom. The topological polar surface area (TPSA) is 51.2 Å². The Morgan fingerprint density at radius 3 is 2.25 bits per heavy atom. The molecule has 0 saturated carbocycles. The molecule has 3 nitrogen and oxygen atoms in total. The van der Waals surface area contributed by atoms with Crippen LogP contribution in [0.5, 0.6) is 0 Å². The number of ketones is 1. The van der Waals surface area contributed by atoms with Crippen molar-refractivity contribution in [1.29, 1.82) is 0 Å². The lowest BCUT2D eigenvalue weighted by atomic mass is 10.1. The molecule has 0 radical (unpaired) electrons. The first-order valence-electron chi connectivity index (χ1n) is 4.90. The molecule has 0 spiro atoms. The van der Waals surface area contributed by atoms with E-state index in [0.29, 0.717) is 0 Å². The molecule has 0 unspecified atom stereocenters. The van der Waals surface area contributed by atoms with Crippen molar-refractivity contribution in [3.05, 3.63) is 35.6 Å². The summed E-state index contributed by atoms with van der Waals surface area (Å²) >= 11 is 0. The molecule has 0 saturated heterocycles. The summed E-state index contributed by atoms with van der Waals surface area (Å²) in [5.74, 6) is -1.04. The quantitative estimate of drug-likeness (QED) is 0.759. The Kier molecular flexibility index (Phi) is 3.80. The normalized spacial score (nSPS) is 13.4. The van der Waals surface area contributed by atoms with E-state index in [1.54, 1.807) is 0 Å². The molecule has 0 fully saturated rings. The molecule has 0 aromatic heterocycles. The van der Waals surface area contributed by atoms with Gasteiger partial charge in [-0.1, -0.05) is 6.92 Å². The molecule has 1 rings (SSSR count). The molecule has 16 heavy (non-hydrogen) atoms. The monoisotopic (exact) mass is 244 g/mol. The van der Waals surface area contributed by atoms with Crippen molar-refractivity contribution in [1.82, 2.24) is 0 Å². The van der Waals surface area contributed by atoms with Crippen molar-refractivity contribution in [3.8, 4) is 0 Å². The average molecular weight is 244 g/mol. The molecule has 0 amide bonds. The second kappa shape index (κ2) is 4.74. The van der Waals surface area contributed by atoms with Gasteiger partial charge in [-0.05, 0) is 31.2 Å². The fraction of sp³-hybridized carbons (Fsp3) is 0.364. The zero-order chi connectivity index (χ0) is 12.3. The fourth-order valence-corrected chi connectivity index (χ4v) is 2.22. The molecule has 0 aliphatic heterocycles. The van der Waals surface area contributed by atoms with Crippen LogP contribution in [-0.4, -0.2) is 25.2 Å². The van der Waals surface area contributed by atoms with Crippen LogP contribution in [0, 0.1) is 5.82 Å². The summed E-state index contributed by atoms with van der Waals surface area (Å²) in [6.45, 7) is 2.84. The second-order valence-electron chi connectivity index (χ2n) is 3.46. The van der Waals surface area contributed by atoms with Crippen LogP contribution in [0.3, 0.4) is 0 Å². The first kappa shape index (κ1) is 12.8. The molecular weight excluding hydrogens is 231 g/mol. The fourth-order valence-electron chi connectivity index (χ4n) is 1.26. The van der Waals surface area contributed by atoms with E-state index in [1.165, 1.54) is 26.0 Å². The van der Waals surface area contributed by atoms with Crippen LogP contribution in [0.2, 0.25) is 0 Å². The highest BCUT2D eigenvalue weighted by Gasteiger charge is 2.26. The third kappa shape index (κ3) is 2.66. The highest BCUT2D eigenvalue weighted by Crippen LogP contribution is 2.11. The van der Waals surface area contributed by atoms with Gasteiger partial charge in [0, 0.05) is 11.3 Å². The van der Waals surface area contributed by atoms with Crippen LogP contribution >= 0.6 is 0 Å². The Morgan fingerprint density at radius 1 is 1.31 bits per heavy atom. The zero-order valence-electron chi connectivity index (χ0n) is 9.10. The molecule has 0 N–H and O–H groups in total. The molecule has 1 aromatic rings. The summed E-state index contributed by atoms with van der Waals surface area (Å²) in [7, 11) is -3.40. The lowest BCUT2D eigenvalue weighted by Gasteiger charge is -2.10. The third-order valence-corrected chi connectivity index (χ3v) is 4.54. The number of carbonyl (C=O) groups excluding carboxylic acids is 1. The van der Waals surface area contributed by atoms with Crippen molar-refractivity contribution in [2.75, 3.05) is 5.75 Å². The minimum absolute atomic E-state index is 0.0822. The smallest absolute Gasteiger partial charge is 0.180 e. The molecule has 0 bridgehead atoms. The van der Waals surface area contributed by atoms with Crippen LogP contribution in [0.1, 0.15) is 24.2 Å². The van der Waals surface area contributed by atoms with E-state index in [9.17, 15) is 17.6 Å². The van der Waals surface area contributed by atoms with E-state index in [1.807, 2.05) is 0 Å². The maximum atomic E-state index is 12.6. The molecule has 1 atom stereocenters. The van der Waals surface area contributed by atoms with E-state index >= 15 is 0 Å². The van der Waals surface area contributed by atoms with Crippen LogP contribution < -0.4 is 0 Å². The van der Waals surface area contributed by atoms with Crippen molar-refractivity contribution in [3.63, 3.8) is 0 Å². The van der Waals surface area contributed by atoms with Gasteiger partial charge in [-0.3, -0.25) is 4.79 Å². The van der Waals surface area contributed by atoms with E-state index in [-0.39, 0.29) is 11.3 Å². The second-order valence-corrected chi connectivity index (χ2v) is 6.08. The van der Waals surface area contributed by atoms with Gasteiger partial charge in [0.15, 0.2) is 15.6 Å². The summed E-state index contributed by atoms with van der Waals surface area (Å²) in [4.78, 5) is 11.8. The highest BCUT2D eigenvalue weighted by molar-refractivity contribution is 7.92. The van der Waals surface area contributed by atoms with Crippen molar-refractivity contribution in [2.24, 2.45) is 0 Å². The molecule has 0 aliphatic rings. The summed E-state index contributed by atoms with van der Waals surface area (Å²) in [5.41, 5.74) is 0.214. The van der Waals surface area contributed by atoms with E-state index in [0.717, 1.165) is 12.1 Å². The van der Waals surface area contributed by atoms with Crippen molar-refractivity contribution < 1.29 is 17.6 Å². The number of carbonyl (C=O) groups is 1. The SMILES string of the molecule is CCS(=O)(=O)[C@H](C)C(=O)c1ccc(F)cc1. The maximum absolute atomic E-state index is 12.6. The third-order valence-electron chi connectivity index (χ3n) is 2.44. The largest absolute Gasteiger partial charge is 0.293 e. The minimum atomic E-state index is -3.40. The Hall–Kier alpha value is -1.23. The number of benzene rings is 1. The predicted molar refractivity (Wildman–Crippen MR) is 59.7 cm³/mol. The van der Waals surface area contributed by atoms with Crippen LogP contribution in [-0.2, 0) is 9.84 Å². The van der Waals surface area contributed by atoms with Gasteiger partial charge >= 0.3 is 0 Å². The number of hydrogen-bond donors (Lipinski definition) is 0. The first-order chi connectivity index (χ1) is 7.38. The van der Waals surface area contributed by atoms with Gasteiger partial charge in [0.05, 0.1) is 0 Å². The number of sulfone groups is 1. The van der Waals surface area contributed by atoms with E-state index in [4.69, 9.17) is 0 Å². The highest BCUT2D eigenvalue weighted by atomic mass is 32.2. The summed E-state index contributed by atoms with van der Waals surface area (Å²) in [6.07, 6.45) is 0. The number of Topliss-reactive ketones (excluding diaryl/α,β-unsaturated/α-hetero) is 1. The van der Waals surface area contributed by atoms with Gasteiger partial charge in [0.1, 0.15) is 11.1 Å². The molecule has 88 valence electrons. The van der Waals surface area contributed by atoms with Crippen molar-refractivity contribution in [2.45, 2.75) is 19.1 Å². The molecule has 5 heteroatoms. The van der Waals surface area contributed by atoms with Crippen LogP contribution in [0.4, 0.5) is 4.39 Å². The molecule has 0 heterocycles. The van der Waals surface area contributed by atoms with Crippen LogP contribution in [0.15, 0.2) is 24.3 Å². The Bertz CT molecular complexity index is 476. The van der Waals surface area contributed by atoms with Gasteiger partial charge in [0.2, 0.25) is 0 Å². The number of rotatable bonds is 4.